The van der Waals surface area contributed by atoms with Gasteiger partial charge in [-0.15, -0.1) is 0 Å². The fourth-order valence-electron chi connectivity index (χ4n) is 3.05. The molecule has 0 fully saturated rings. The molecule has 2 heteroatoms. The Morgan fingerprint density at radius 1 is 0.913 bits per heavy atom. The summed E-state index contributed by atoms with van der Waals surface area (Å²) in [5, 5.41) is 12.0. The van der Waals surface area contributed by atoms with Crippen molar-refractivity contribution in [3.05, 3.63) is 35.4 Å². The fraction of sp³-hybridized carbons (Fsp3) is 0.714. The van der Waals surface area contributed by atoms with Gasteiger partial charge in [0, 0.05) is 6.54 Å². The first kappa shape index (κ1) is 20.2. The molecule has 0 aliphatic carbocycles. The SMILES string of the molecule is CC(C)CCCC(C)Cc1ccc(C(C)CCNCCO)cc1. The van der Waals surface area contributed by atoms with E-state index < -0.39 is 0 Å². The molecule has 2 nitrogen and oxygen atoms in total. The lowest BCUT2D eigenvalue weighted by Gasteiger charge is -2.15. The smallest absolute Gasteiger partial charge is 0.0555 e. The normalized spacial score (nSPS) is 14.2. The molecule has 0 amide bonds. The molecule has 0 saturated heterocycles. The quantitative estimate of drug-likeness (QED) is 0.544. The van der Waals surface area contributed by atoms with E-state index in [4.69, 9.17) is 5.11 Å². The molecule has 0 aliphatic rings. The van der Waals surface area contributed by atoms with Crippen molar-refractivity contribution in [3.63, 3.8) is 0 Å². The van der Waals surface area contributed by atoms with E-state index in [-0.39, 0.29) is 6.61 Å². The van der Waals surface area contributed by atoms with Crippen LogP contribution in [0, 0.1) is 11.8 Å². The van der Waals surface area contributed by atoms with Crippen LogP contribution in [0.4, 0.5) is 0 Å². The van der Waals surface area contributed by atoms with Crippen LogP contribution in [0.3, 0.4) is 0 Å². The van der Waals surface area contributed by atoms with Crippen molar-refractivity contribution < 1.29 is 5.11 Å². The highest BCUT2D eigenvalue weighted by Gasteiger charge is 2.07. The number of benzene rings is 1. The third-order valence-corrected chi connectivity index (χ3v) is 4.65. The molecule has 0 saturated carbocycles. The molecule has 1 aromatic rings. The predicted molar refractivity (Wildman–Crippen MR) is 101 cm³/mol. The third-order valence-electron chi connectivity index (χ3n) is 4.65. The monoisotopic (exact) mass is 319 g/mol. The van der Waals surface area contributed by atoms with Crippen LogP contribution >= 0.6 is 0 Å². The second kappa shape index (κ2) is 11.6. The van der Waals surface area contributed by atoms with Gasteiger partial charge in [-0.1, -0.05) is 71.2 Å². The molecule has 2 atom stereocenters. The average Bonchev–Trinajstić information content (AvgIpc) is 2.51. The van der Waals surface area contributed by atoms with Gasteiger partial charge >= 0.3 is 0 Å². The molecule has 0 radical (unpaired) electrons. The van der Waals surface area contributed by atoms with Gasteiger partial charge in [0.1, 0.15) is 0 Å². The van der Waals surface area contributed by atoms with Gasteiger partial charge in [-0.05, 0) is 48.3 Å². The van der Waals surface area contributed by atoms with Crippen LogP contribution in [0.2, 0.25) is 0 Å². The van der Waals surface area contributed by atoms with E-state index in [0.29, 0.717) is 12.5 Å². The van der Waals surface area contributed by atoms with E-state index in [0.717, 1.165) is 24.8 Å². The van der Waals surface area contributed by atoms with Crippen molar-refractivity contribution in [2.45, 2.75) is 65.7 Å². The van der Waals surface area contributed by atoms with E-state index in [2.05, 4.69) is 57.3 Å². The minimum atomic E-state index is 0.221. The van der Waals surface area contributed by atoms with Crippen molar-refractivity contribution in [1.29, 1.82) is 0 Å². The van der Waals surface area contributed by atoms with Crippen LogP contribution in [0.5, 0.6) is 0 Å². The second-order valence-electron chi connectivity index (χ2n) is 7.54. The Hall–Kier alpha value is -0.860. The summed E-state index contributed by atoms with van der Waals surface area (Å²) < 4.78 is 0. The number of nitrogens with one attached hydrogen (secondary N) is 1. The van der Waals surface area contributed by atoms with Gasteiger partial charge in [0.2, 0.25) is 0 Å². The first-order chi connectivity index (χ1) is 11.0. The summed E-state index contributed by atoms with van der Waals surface area (Å²) in [5.74, 6) is 2.17. The Bertz CT molecular complexity index is 399. The maximum atomic E-state index is 8.77. The maximum absolute atomic E-state index is 8.77. The summed E-state index contributed by atoms with van der Waals surface area (Å²) in [7, 11) is 0. The van der Waals surface area contributed by atoms with Crippen molar-refractivity contribution in [1.82, 2.24) is 5.32 Å². The average molecular weight is 320 g/mol. The molecule has 0 bridgehead atoms. The zero-order valence-corrected chi connectivity index (χ0v) is 15.6. The molecular formula is C21H37NO. The molecule has 0 aromatic heterocycles. The zero-order valence-electron chi connectivity index (χ0n) is 15.6. The summed E-state index contributed by atoms with van der Waals surface area (Å²) in [6.07, 6.45) is 6.36. The van der Waals surface area contributed by atoms with E-state index in [1.54, 1.807) is 0 Å². The zero-order chi connectivity index (χ0) is 17.1. The summed E-state index contributed by atoms with van der Waals surface area (Å²) in [5.41, 5.74) is 2.89. The van der Waals surface area contributed by atoms with E-state index in [1.165, 1.54) is 36.8 Å². The van der Waals surface area contributed by atoms with Gasteiger partial charge in [-0.25, -0.2) is 0 Å². The van der Waals surface area contributed by atoms with E-state index >= 15 is 0 Å². The topological polar surface area (TPSA) is 32.3 Å². The van der Waals surface area contributed by atoms with E-state index in [9.17, 15) is 0 Å². The summed E-state index contributed by atoms with van der Waals surface area (Å²) >= 11 is 0. The van der Waals surface area contributed by atoms with Crippen LogP contribution in [0.1, 0.15) is 70.4 Å². The van der Waals surface area contributed by atoms with Crippen molar-refractivity contribution in [3.8, 4) is 0 Å². The van der Waals surface area contributed by atoms with Crippen LogP contribution in [-0.4, -0.2) is 24.8 Å². The summed E-state index contributed by atoms with van der Waals surface area (Å²) in [6.45, 7) is 11.2. The Balaban J connectivity index is 2.34. The minimum Gasteiger partial charge on any atom is -0.395 e. The van der Waals surface area contributed by atoms with Gasteiger partial charge in [-0.2, -0.15) is 0 Å². The van der Waals surface area contributed by atoms with Crippen LogP contribution in [0.15, 0.2) is 24.3 Å². The molecule has 1 aromatic carbocycles. The number of hydrogen-bond acceptors (Lipinski definition) is 2. The molecule has 132 valence electrons. The third kappa shape index (κ3) is 9.12. The van der Waals surface area contributed by atoms with Gasteiger partial charge < -0.3 is 10.4 Å². The van der Waals surface area contributed by atoms with Crippen LogP contribution in [-0.2, 0) is 6.42 Å². The first-order valence-corrected chi connectivity index (χ1v) is 9.43. The lowest BCUT2D eigenvalue weighted by Crippen LogP contribution is -2.20. The molecule has 0 aliphatic heterocycles. The van der Waals surface area contributed by atoms with Gasteiger partial charge in [0.15, 0.2) is 0 Å². The largest absolute Gasteiger partial charge is 0.395 e. The summed E-state index contributed by atoms with van der Waals surface area (Å²) in [4.78, 5) is 0. The molecule has 2 unspecified atom stereocenters. The summed E-state index contributed by atoms with van der Waals surface area (Å²) in [6, 6.07) is 9.22. The second-order valence-corrected chi connectivity index (χ2v) is 7.54. The van der Waals surface area contributed by atoms with Crippen LogP contribution < -0.4 is 5.32 Å². The molecule has 0 heterocycles. The van der Waals surface area contributed by atoms with Crippen LogP contribution in [0.25, 0.3) is 0 Å². The standard InChI is InChI=1S/C21H37NO/c1-17(2)6-5-7-18(3)16-20-8-10-21(11-9-20)19(4)12-13-22-14-15-23/h8-11,17-19,22-23H,5-7,12-16H2,1-4H3. The molecule has 2 N–H and O–H groups in total. The number of rotatable bonds is 12. The lowest BCUT2D eigenvalue weighted by atomic mass is 9.92. The highest BCUT2D eigenvalue weighted by Crippen LogP contribution is 2.21. The van der Waals surface area contributed by atoms with Gasteiger partial charge in [0.05, 0.1) is 6.61 Å². The van der Waals surface area contributed by atoms with Crippen molar-refractivity contribution >= 4 is 0 Å². The van der Waals surface area contributed by atoms with Gasteiger partial charge in [0.25, 0.3) is 0 Å². The highest BCUT2D eigenvalue weighted by molar-refractivity contribution is 5.25. The number of hydrogen-bond donors (Lipinski definition) is 2. The Kier molecular flexibility index (Phi) is 10.2. The predicted octanol–water partition coefficient (Wildman–Crippen LogP) is 4.77. The Labute approximate surface area is 143 Å². The maximum Gasteiger partial charge on any atom is 0.0555 e. The molecular weight excluding hydrogens is 282 g/mol. The van der Waals surface area contributed by atoms with Crippen molar-refractivity contribution in [2.75, 3.05) is 19.7 Å². The lowest BCUT2D eigenvalue weighted by molar-refractivity contribution is 0.291. The molecule has 0 spiro atoms. The fourth-order valence-corrected chi connectivity index (χ4v) is 3.05. The minimum absolute atomic E-state index is 0.221. The Morgan fingerprint density at radius 2 is 1.61 bits per heavy atom. The number of aliphatic hydroxyl groups is 1. The Morgan fingerprint density at radius 3 is 2.22 bits per heavy atom. The van der Waals surface area contributed by atoms with E-state index in [1.807, 2.05) is 0 Å². The molecule has 23 heavy (non-hydrogen) atoms. The van der Waals surface area contributed by atoms with Gasteiger partial charge in [-0.3, -0.25) is 0 Å². The number of aliphatic hydroxyl groups excluding tert-OH is 1. The highest BCUT2D eigenvalue weighted by atomic mass is 16.3. The first-order valence-electron chi connectivity index (χ1n) is 9.43. The van der Waals surface area contributed by atoms with Crippen molar-refractivity contribution in [2.24, 2.45) is 11.8 Å². The molecule has 1 rings (SSSR count).